The summed E-state index contributed by atoms with van der Waals surface area (Å²) in [5.41, 5.74) is 0.879. The van der Waals surface area contributed by atoms with Gasteiger partial charge in [-0.25, -0.2) is 4.98 Å². The highest BCUT2D eigenvalue weighted by Gasteiger charge is 2.14. The van der Waals surface area contributed by atoms with Crippen LogP contribution in [-0.4, -0.2) is 23.6 Å². The fourth-order valence-corrected chi connectivity index (χ4v) is 2.87. The Kier molecular flexibility index (Phi) is 8.64. The molecule has 1 aromatic heterocycles. The van der Waals surface area contributed by atoms with Crippen LogP contribution in [0.3, 0.4) is 0 Å². The monoisotopic (exact) mass is 474 g/mol. The first-order valence-corrected chi connectivity index (χ1v) is 8.82. The third-order valence-electron chi connectivity index (χ3n) is 3.16. The molecule has 0 saturated carbocycles. The molecule has 0 bridgehead atoms. The number of hydrogen-bond acceptors (Lipinski definition) is 4. The second-order valence-corrected chi connectivity index (χ2v) is 7.77. The van der Waals surface area contributed by atoms with Crippen LogP contribution in [0.15, 0.2) is 35.5 Å². The van der Waals surface area contributed by atoms with Crippen LogP contribution in [0.1, 0.15) is 36.2 Å². The predicted octanol–water partition coefficient (Wildman–Crippen LogP) is 4.11. The number of rotatable bonds is 5. The average Bonchev–Trinajstić information content (AvgIpc) is 2.93. The molecule has 2 N–H and O–H groups in total. The third-order valence-corrected chi connectivity index (χ3v) is 4.07. The summed E-state index contributed by atoms with van der Waals surface area (Å²) in [6, 6.07) is 8.07. The van der Waals surface area contributed by atoms with Crippen molar-refractivity contribution in [2.45, 2.75) is 46.4 Å². The van der Waals surface area contributed by atoms with Gasteiger partial charge in [-0.15, -0.1) is 35.3 Å². The smallest absolute Gasteiger partial charge is 0.191 e. The number of nitrogens with one attached hydrogen (secondary N) is 2. The number of ether oxygens (including phenoxy) is 1. The number of hydrogen-bond donors (Lipinski definition) is 2. The maximum Gasteiger partial charge on any atom is 0.191 e. The maximum atomic E-state index is 6.02. The van der Waals surface area contributed by atoms with E-state index in [1.165, 1.54) is 4.88 Å². The Morgan fingerprint density at radius 3 is 2.48 bits per heavy atom. The van der Waals surface area contributed by atoms with E-state index in [0.717, 1.165) is 22.3 Å². The zero-order chi connectivity index (χ0) is 17.6. The van der Waals surface area contributed by atoms with Crippen LogP contribution in [-0.2, 0) is 13.1 Å². The van der Waals surface area contributed by atoms with Crippen molar-refractivity contribution in [3.8, 4) is 5.75 Å². The Hall–Kier alpha value is -1.35. The summed E-state index contributed by atoms with van der Waals surface area (Å²) in [6.45, 7) is 9.52. The van der Waals surface area contributed by atoms with Gasteiger partial charge in [0.1, 0.15) is 11.4 Å². The van der Waals surface area contributed by atoms with Crippen molar-refractivity contribution in [2.75, 3.05) is 7.05 Å². The molecule has 0 fully saturated rings. The molecule has 138 valence electrons. The molecule has 1 heterocycles. The van der Waals surface area contributed by atoms with Gasteiger partial charge in [-0.1, -0.05) is 18.2 Å². The van der Waals surface area contributed by atoms with Crippen molar-refractivity contribution >= 4 is 41.3 Å². The largest absolute Gasteiger partial charge is 0.488 e. The minimum Gasteiger partial charge on any atom is -0.488 e. The molecule has 0 aliphatic heterocycles. The number of benzene rings is 1. The average molecular weight is 474 g/mol. The highest BCUT2D eigenvalue weighted by atomic mass is 127. The van der Waals surface area contributed by atoms with Gasteiger partial charge in [-0.2, -0.15) is 0 Å². The fourth-order valence-electron chi connectivity index (χ4n) is 2.14. The Bertz CT molecular complexity index is 694. The summed E-state index contributed by atoms with van der Waals surface area (Å²) in [7, 11) is 1.77. The van der Waals surface area contributed by atoms with E-state index < -0.39 is 0 Å². The lowest BCUT2D eigenvalue weighted by Gasteiger charge is -2.23. The molecular formula is C18H27IN4OS. The molecule has 2 rings (SSSR count). The van der Waals surface area contributed by atoms with E-state index in [2.05, 4.69) is 47.4 Å². The van der Waals surface area contributed by atoms with Gasteiger partial charge < -0.3 is 15.4 Å². The Labute approximate surface area is 171 Å². The molecule has 0 saturated heterocycles. The third kappa shape index (κ3) is 7.60. The van der Waals surface area contributed by atoms with Crippen molar-refractivity contribution in [3.63, 3.8) is 0 Å². The highest BCUT2D eigenvalue weighted by molar-refractivity contribution is 14.0. The molecule has 0 aliphatic carbocycles. The van der Waals surface area contributed by atoms with Gasteiger partial charge in [0.05, 0.1) is 11.6 Å². The summed E-state index contributed by atoms with van der Waals surface area (Å²) in [5, 5.41) is 7.71. The van der Waals surface area contributed by atoms with Crippen LogP contribution < -0.4 is 15.4 Å². The van der Waals surface area contributed by atoms with Crippen LogP contribution in [0.4, 0.5) is 0 Å². The molecule has 0 radical (unpaired) electrons. The normalized spacial score (nSPS) is 11.6. The lowest BCUT2D eigenvalue weighted by atomic mass is 10.1. The standard InChI is InChI=1S/C18H26N4OS.HI/c1-13-20-11-15(24-13)12-22-17(19-5)21-10-14-8-6-7-9-16(14)23-18(2,3)4;/h6-9,11H,10,12H2,1-5H3,(H2,19,21,22);1H. The molecular weight excluding hydrogens is 447 g/mol. The molecule has 0 spiro atoms. The van der Waals surface area contributed by atoms with Crippen molar-refractivity contribution in [3.05, 3.63) is 45.9 Å². The predicted molar refractivity (Wildman–Crippen MR) is 116 cm³/mol. The number of nitrogens with zero attached hydrogens (tertiary/aromatic N) is 2. The minimum absolute atomic E-state index is 0. The zero-order valence-corrected chi connectivity index (χ0v) is 18.6. The van der Waals surface area contributed by atoms with E-state index in [4.69, 9.17) is 4.74 Å². The van der Waals surface area contributed by atoms with Crippen LogP contribution in [0, 0.1) is 6.92 Å². The summed E-state index contributed by atoms with van der Waals surface area (Å²) < 4.78 is 6.02. The molecule has 7 heteroatoms. The van der Waals surface area contributed by atoms with Gasteiger partial charge in [0.15, 0.2) is 5.96 Å². The molecule has 25 heavy (non-hydrogen) atoms. The topological polar surface area (TPSA) is 58.5 Å². The second-order valence-electron chi connectivity index (χ2n) is 6.45. The Balaban J connectivity index is 0.00000312. The van der Waals surface area contributed by atoms with Gasteiger partial charge in [0.2, 0.25) is 0 Å². The summed E-state index contributed by atoms with van der Waals surface area (Å²) in [4.78, 5) is 9.72. The van der Waals surface area contributed by atoms with Crippen molar-refractivity contribution in [2.24, 2.45) is 4.99 Å². The fraction of sp³-hybridized carbons (Fsp3) is 0.444. The number of para-hydroxylation sites is 1. The van der Waals surface area contributed by atoms with E-state index in [1.54, 1.807) is 18.4 Å². The van der Waals surface area contributed by atoms with E-state index in [0.29, 0.717) is 13.1 Å². The quantitative estimate of drug-likeness (QED) is 0.389. The molecule has 5 nitrogen and oxygen atoms in total. The summed E-state index contributed by atoms with van der Waals surface area (Å²) in [5.74, 6) is 1.65. The van der Waals surface area contributed by atoms with Crippen LogP contribution in [0.5, 0.6) is 5.75 Å². The first-order chi connectivity index (χ1) is 11.4. The Morgan fingerprint density at radius 1 is 1.20 bits per heavy atom. The first-order valence-electron chi connectivity index (χ1n) is 8.00. The van der Waals surface area contributed by atoms with E-state index >= 15 is 0 Å². The number of aromatic nitrogens is 1. The number of aliphatic imine (C=N–C) groups is 1. The van der Waals surface area contributed by atoms with Gasteiger partial charge >= 0.3 is 0 Å². The first kappa shape index (κ1) is 21.7. The Morgan fingerprint density at radius 2 is 1.88 bits per heavy atom. The maximum absolute atomic E-state index is 6.02. The molecule has 0 atom stereocenters. The van der Waals surface area contributed by atoms with Crippen molar-refractivity contribution < 1.29 is 4.74 Å². The lowest BCUT2D eigenvalue weighted by Crippen LogP contribution is -2.36. The molecule has 0 unspecified atom stereocenters. The number of guanidine groups is 1. The van der Waals surface area contributed by atoms with Crippen molar-refractivity contribution in [1.29, 1.82) is 0 Å². The second kappa shape index (κ2) is 9.96. The SMILES string of the molecule is CN=C(NCc1cnc(C)s1)NCc1ccccc1OC(C)(C)C.I. The van der Waals surface area contributed by atoms with Crippen molar-refractivity contribution in [1.82, 2.24) is 15.6 Å². The van der Waals surface area contributed by atoms with Crippen LogP contribution in [0.2, 0.25) is 0 Å². The van der Waals surface area contributed by atoms with E-state index in [-0.39, 0.29) is 29.6 Å². The van der Waals surface area contributed by atoms with Crippen LogP contribution in [0.25, 0.3) is 0 Å². The van der Waals surface area contributed by atoms with Gasteiger partial charge in [0, 0.05) is 30.2 Å². The number of halogens is 1. The van der Waals surface area contributed by atoms with Gasteiger partial charge in [-0.05, 0) is 33.8 Å². The van der Waals surface area contributed by atoms with Crippen LogP contribution >= 0.6 is 35.3 Å². The zero-order valence-electron chi connectivity index (χ0n) is 15.4. The molecule has 2 aromatic rings. The van der Waals surface area contributed by atoms with Gasteiger partial charge in [-0.3, -0.25) is 4.99 Å². The highest BCUT2D eigenvalue weighted by Crippen LogP contribution is 2.22. The molecule has 1 aromatic carbocycles. The number of thiazole rings is 1. The molecule has 0 aliphatic rings. The summed E-state index contributed by atoms with van der Waals surface area (Å²) in [6.07, 6.45) is 1.90. The van der Waals surface area contributed by atoms with E-state index in [9.17, 15) is 0 Å². The van der Waals surface area contributed by atoms with Gasteiger partial charge in [0.25, 0.3) is 0 Å². The molecule has 0 amide bonds. The summed E-state index contributed by atoms with van der Waals surface area (Å²) >= 11 is 1.69. The van der Waals surface area contributed by atoms with E-state index in [1.807, 2.05) is 31.3 Å². The lowest BCUT2D eigenvalue weighted by molar-refractivity contribution is 0.129. The number of aryl methyl sites for hydroxylation is 1. The minimum atomic E-state index is -0.222.